The van der Waals surface area contributed by atoms with E-state index in [-0.39, 0.29) is 16.7 Å². The van der Waals surface area contributed by atoms with Gasteiger partial charge in [0, 0.05) is 19.2 Å². The monoisotopic (exact) mass is 289 g/mol. The minimum atomic E-state index is 0.136. The molecule has 1 amide bonds. The number of nitrogens with zero attached hydrogens (tertiary/aromatic N) is 1. The van der Waals surface area contributed by atoms with Crippen LogP contribution in [0.15, 0.2) is 18.2 Å². The molecule has 2 heteroatoms. The summed E-state index contributed by atoms with van der Waals surface area (Å²) in [7, 11) is 1.87. The number of amides is 1. The Morgan fingerprint density at radius 1 is 1.10 bits per heavy atom. The Labute approximate surface area is 130 Å². The fourth-order valence-electron chi connectivity index (χ4n) is 2.49. The molecule has 0 unspecified atom stereocenters. The van der Waals surface area contributed by atoms with Crippen molar-refractivity contribution >= 4 is 11.6 Å². The predicted octanol–water partition coefficient (Wildman–Crippen LogP) is 5.08. The first-order valence-corrected chi connectivity index (χ1v) is 7.79. The maximum atomic E-state index is 12.3. The summed E-state index contributed by atoms with van der Waals surface area (Å²) >= 11 is 0. The van der Waals surface area contributed by atoms with Gasteiger partial charge < -0.3 is 4.90 Å². The van der Waals surface area contributed by atoms with Crippen molar-refractivity contribution in [2.45, 2.75) is 66.7 Å². The molecule has 0 saturated carbocycles. The van der Waals surface area contributed by atoms with E-state index in [1.54, 1.807) is 4.90 Å². The number of carbonyl (C=O) groups is 1. The quantitative estimate of drug-likeness (QED) is 0.759. The minimum absolute atomic E-state index is 0.136. The lowest BCUT2D eigenvalue weighted by atomic mass is 9.84. The molecule has 0 aliphatic heterocycles. The molecule has 0 atom stereocenters. The van der Waals surface area contributed by atoms with Crippen molar-refractivity contribution in [3.8, 4) is 0 Å². The van der Waals surface area contributed by atoms with E-state index in [1.165, 1.54) is 11.1 Å². The fraction of sp³-hybridized carbons (Fsp3) is 0.632. The Hall–Kier alpha value is -1.31. The summed E-state index contributed by atoms with van der Waals surface area (Å²) < 4.78 is 0. The van der Waals surface area contributed by atoms with Crippen LogP contribution in [-0.4, -0.2) is 13.0 Å². The maximum Gasteiger partial charge on any atom is 0.226 e. The van der Waals surface area contributed by atoms with Gasteiger partial charge in [-0.2, -0.15) is 0 Å². The van der Waals surface area contributed by atoms with E-state index in [0.717, 1.165) is 12.1 Å². The number of rotatable bonds is 3. The highest BCUT2D eigenvalue weighted by atomic mass is 16.2. The Morgan fingerprint density at radius 2 is 1.67 bits per heavy atom. The molecule has 1 aromatic carbocycles. The molecule has 0 aromatic heterocycles. The van der Waals surface area contributed by atoms with Crippen LogP contribution in [0, 0.1) is 12.3 Å². The van der Waals surface area contributed by atoms with Gasteiger partial charge in [0.15, 0.2) is 0 Å². The van der Waals surface area contributed by atoms with Gasteiger partial charge >= 0.3 is 0 Å². The van der Waals surface area contributed by atoms with Gasteiger partial charge in [0.1, 0.15) is 0 Å². The average Bonchev–Trinajstić information content (AvgIpc) is 2.32. The first-order chi connectivity index (χ1) is 9.42. The van der Waals surface area contributed by atoms with Crippen LogP contribution in [0.1, 0.15) is 65.5 Å². The number of benzene rings is 1. The van der Waals surface area contributed by atoms with E-state index in [4.69, 9.17) is 0 Å². The van der Waals surface area contributed by atoms with E-state index in [2.05, 4.69) is 66.7 Å². The summed E-state index contributed by atoms with van der Waals surface area (Å²) in [4.78, 5) is 14.1. The van der Waals surface area contributed by atoms with Crippen LogP contribution in [0.4, 0.5) is 5.69 Å². The van der Waals surface area contributed by atoms with Crippen molar-refractivity contribution in [1.29, 1.82) is 0 Å². The average molecular weight is 289 g/mol. The lowest BCUT2D eigenvalue weighted by molar-refractivity contribution is -0.118. The second-order valence-corrected chi connectivity index (χ2v) is 8.26. The van der Waals surface area contributed by atoms with Gasteiger partial charge in [-0.05, 0) is 47.4 Å². The number of hydrogen-bond acceptors (Lipinski definition) is 1. The zero-order chi connectivity index (χ0) is 16.4. The smallest absolute Gasteiger partial charge is 0.226 e. The van der Waals surface area contributed by atoms with E-state index in [0.29, 0.717) is 6.42 Å². The predicted molar refractivity (Wildman–Crippen MR) is 92.0 cm³/mol. The molecule has 1 rings (SSSR count). The molecule has 0 aliphatic rings. The van der Waals surface area contributed by atoms with Crippen LogP contribution >= 0.6 is 0 Å². The minimum Gasteiger partial charge on any atom is -0.315 e. The number of anilines is 1. The zero-order valence-corrected chi connectivity index (χ0v) is 15.0. The molecule has 2 nitrogen and oxygen atoms in total. The number of hydrogen-bond donors (Lipinski definition) is 0. The van der Waals surface area contributed by atoms with Crippen LogP contribution in [0.2, 0.25) is 0 Å². The molecule has 118 valence electrons. The normalized spacial score (nSPS) is 12.4. The second kappa shape index (κ2) is 6.21. The Balaban J connectivity index is 2.86. The van der Waals surface area contributed by atoms with Crippen molar-refractivity contribution in [1.82, 2.24) is 0 Å². The molecular formula is C19H31NO. The summed E-state index contributed by atoms with van der Waals surface area (Å²) in [5, 5.41) is 0. The van der Waals surface area contributed by atoms with E-state index in [1.807, 2.05) is 7.05 Å². The van der Waals surface area contributed by atoms with Gasteiger partial charge in [-0.25, -0.2) is 0 Å². The van der Waals surface area contributed by atoms with Crippen molar-refractivity contribution < 1.29 is 4.79 Å². The molecule has 1 aromatic rings. The van der Waals surface area contributed by atoms with Crippen molar-refractivity contribution in [2.24, 2.45) is 5.41 Å². The van der Waals surface area contributed by atoms with Crippen LogP contribution in [0.3, 0.4) is 0 Å². The van der Waals surface area contributed by atoms with Gasteiger partial charge in [-0.1, -0.05) is 47.6 Å². The van der Waals surface area contributed by atoms with Gasteiger partial charge in [-0.15, -0.1) is 0 Å². The molecule has 0 heterocycles. The summed E-state index contributed by atoms with van der Waals surface area (Å²) in [6.07, 6.45) is 1.51. The zero-order valence-electron chi connectivity index (χ0n) is 15.0. The molecule has 0 bridgehead atoms. The third kappa shape index (κ3) is 5.18. The molecular weight excluding hydrogens is 258 g/mol. The molecule has 0 aliphatic carbocycles. The maximum absolute atomic E-state index is 12.3. The summed E-state index contributed by atoms with van der Waals surface area (Å²) in [6, 6.07) is 6.33. The topological polar surface area (TPSA) is 20.3 Å². The molecule has 21 heavy (non-hydrogen) atoms. The van der Waals surface area contributed by atoms with Gasteiger partial charge in [0.2, 0.25) is 5.91 Å². The fourth-order valence-corrected chi connectivity index (χ4v) is 2.49. The highest BCUT2D eigenvalue weighted by Crippen LogP contribution is 2.29. The standard InChI is InChI=1S/C19H31NO/c1-14-13-15(9-10-16(14)19(5,6)7)20(8)17(21)11-12-18(2,3)4/h9-10,13H,11-12H2,1-8H3. The van der Waals surface area contributed by atoms with Crippen molar-refractivity contribution in [2.75, 3.05) is 11.9 Å². The van der Waals surface area contributed by atoms with Crippen molar-refractivity contribution in [3.63, 3.8) is 0 Å². The summed E-state index contributed by atoms with van der Waals surface area (Å²) in [5.74, 6) is 0.188. The first-order valence-electron chi connectivity index (χ1n) is 7.79. The molecule has 0 saturated heterocycles. The number of carbonyl (C=O) groups excluding carboxylic acids is 1. The Morgan fingerprint density at radius 3 is 2.10 bits per heavy atom. The van der Waals surface area contributed by atoms with Gasteiger partial charge in [-0.3, -0.25) is 4.79 Å². The van der Waals surface area contributed by atoms with Gasteiger partial charge in [0.05, 0.1) is 0 Å². The van der Waals surface area contributed by atoms with Crippen LogP contribution in [-0.2, 0) is 10.2 Å². The summed E-state index contributed by atoms with van der Waals surface area (Å²) in [5.41, 5.74) is 3.90. The third-order valence-electron chi connectivity index (χ3n) is 3.87. The highest BCUT2D eigenvalue weighted by Gasteiger charge is 2.19. The van der Waals surface area contributed by atoms with Gasteiger partial charge in [0.25, 0.3) is 0 Å². The van der Waals surface area contributed by atoms with Crippen LogP contribution in [0.25, 0.3) is 0 Å². The van der Waals surface area contributed by atoms with E-state index >= 15 is 0 Å². The molecule has 0 spiro atoms. The SMILES string of the molecule is Cc1cc(N(C)C(=O)CCC(C)(C)C)ccc1C(C)(C)C. The van der Waals surface area contributed by atoms with Crippen molar-refractivity contribution in [3.05, 3.63) is 29.3 Å². The third-order valence-corrected chi connectivity index (χ3v) is 3.87. The van der Waals surface area contributed by atoms with Crippen LogP contribution in [0.5, 0.6) is 0 Å². The van der Waals surface area contributed by atoms with E-state index < -0.39 is 0 Å². The lowest BCUT2D eigenvalue weighted by Gasteiger charge is -2.25. The highest BCUT2D eigenvalue weighted by molar-refractivity contribution is 5.92. The first kappa shape index (κ1) is 17.7. The van der Waals surface area contributed by atoms with E-state index in [9.17, 15) is 4.79 Å². The Bertz CT molecular complexity index is 503. The van der Waals surface area contributed by atoms with Crippen LogP contribution < -0.4 is 4.90 Å². The Kier molecular flexibility index (Phi) is 5.25. The number of aryl methyl sites for hydroxylation is 1. The summed E-state index contributed by atoms with van der Waals surface area (Å²) in [6.45, 7) is 15.3. The largest absolute Gasteiger partial charge is 0.315 e. The second-order valence-electron chi connectivity index (χ2n) is 8.26. The molecule has 0 N–H and O–H groups in total. The molecule has 0 fully saturated rings. The lowest BCUT2D eigenvalue weighted by Crippen LogP contribution is -2.27. The molecule has 0 radical (unpaired) electrons.